The highest BCUT2D eigenvalue weighted by atomic mass is 16.3. The molecule has 2 fully saturated rings. The van der Waals surface area contributed by atoms with Crippen molar-refractivity contribution >= 4 is 5.91 Å². The molecule has 0 spiro atoms. The highest BCUT2D eigenvalue weighted by Crippen LogP contribution is 2.25. The summed E-state index contributed by atoms with van der Waals surface area (Å²) in [5.41, 5.74) is 1.11. The maximum Gasteiger partial charge on any atom is 0.224 e. The fourth-order valence-corrected chi connectivity index (χ4v) is 4.13. The number of aliphatic hydroxyl groups excluding tert-OH is 1. The van der Waals surface area contributed by atoms with Crippen molar-refractivity contribution in [3.8, 4) is 0 Å². The molecule has 2 atom stereocenters. The molecule has 2 saturated heterocycles. The van der Waals surface area contributed by atoms with Crippen LogP contribution < -0.4 is 0 Å². The summed E-state index contributed by atoms with van der Waals surface area (Å²) in [6.45, 7) is 9.69. The van der Waals surface area contributed by atoms with E-state index in [0.717, 1.165) is 44.8 Å². The molecule has 3 heterocycles. The molecule has 0 radical (unpaired) electrons. The zero-order valence-corrected chi connectivity index (χ0v) is 16.2. The second-order valence-electron chi connectivity index (χ2n) is 7.99. The van der Waals surface area contributed by atoms with E-state index in [1.54, 1.807) is 0 Å². The molecule has 1 aromatic heterocycles. The summed E-state index contributed by atoms with van der Waals surface area (Å²) in [6, 6.07) is 0. The minimum absolute atomic E-state index is 0.167. The second-order valence-corrected chi connectivity index (χ2v) is 7.99. The van der Waals surface area contributed by atoms with Gasteiger partial charge in [0, 0.05) is 64.4 Å². The van der Waals surface area contributed by atoms with Crippen molar-refractivity contribution in [1.29, 1.82) is 0 Å². The fraction of sp³-hybridized carbons (Fsp3) is 0.789. The van der Waals surface area contributed by atoms with Crippen molar-refractivity contribution in [1.82, 2.24) is 24.5 Å². The molecule has 7 nitrogen and oxygen atoms in total. The minimum atomic E-state index is 0.167. The van der Waals surface area contributed by atoms with Crippen molar-refractivity contribution in [2.75, 3.05) is 59.5 Å². The molecule has 7 heteroatoms. The summed E-state index contributed by atoms with van der Waals surface area (Å²) in [5.74, 6) is 0.751. The smallest absolute Gasteiger partial charge is 0.224 e. The number of carbonyl (C=O) groups excluding carboxylic acids is 1. The lowest BCUT2D eigenvalue weighted by molar-refractivity contribution is -0.130. The van der Waals surface area contributed by atoms with E-state index in [9.17, 15) is 9.90 Å². The molecular formula is C19H33N5O2. The summed E-state index contributed by atoms with van der Waals surface area (Å²) < 4.78 is 1.83. The third-order valence-corrected chi connectivity index (χ3v) is 5.79. The van der Waals surface area contributed by atoms with E-state index in [-0.39, 0.29) is 18.4 Å². The van der Waals surface area contributed by atoms with Crippen LogP contribution >= 0.6 is 0 Å². The Balaban J connectivity index is 1.50. The average Bonchev–Trinajstić information content (AvgIpc) is 3.17. The van der Waals surface area contributed by atoms with Gasteiger partial charge >= 0.3 is 0 Å². The number of likely N-dealkylation sites (N-methyl/N-ethyl adjacent to an activating group) is 1. The Labute approximate surface area is 156 Å². The van der Waals surface area contributed by atoms with E-state index in [1.165, 1.54) is 6.42 Å². The average molecular weight is 364 g/mol. The Bertz CT molecular complexity index is 590. The number of hydrogen-bond acceptors (Lipinski definition) is 5. The molecule has 0 aromatic carbocycles. The third kappa shape index (κ3) is 5.05. The highest BCUT2D eigenvalue weighted by molar-refractivity contribution is 5.76. The third-order valence-electron chi connectivity index (χ3n) is 5.79. The van der Waals surface area contributed by atoms with Gasteiger partial charge in [-0.2, -0.15) is 5.10 Å². The van der Waals surface area contributed by atoms with Gasteiger partial charge in [0.05, 0.1) is 6.20 Å². The monoisotopic (exact) mass is 363 g/mol. The van der Waals surface area contributed by atoms with Gasteiger partial charge in [0.25, 0.3) is 0 Å². The first-order valence-electron chi connectivity index (χ1n) is 9.83. The Kier molecular flexibility index (Phi) is 6.67. The van der Waals surface area contributed by atoms with Gasteiger partial charge in [0.15, 0.2) is 0 Å². The number of aryl methyl sites for hydroxylation is 2. The van der Waals surface area contributed by atoms with E-state index in [2.05, 4.69) is 21.9 Å². The molecular weight excluding hydrogens is 330 g/mol. The highest BCUT2D eigenvalue weighted by Gasteiger charge is 2.35. The maximum atomic E-state index is 12.6. The Hall–Kier alpha value is -1.44. The maximum absolute atomic E-state index is 12.6. The van der Waals surface area contributed by atoms with Gasteiger partial charge in [-0.3, -0.25) is 9.48 Å². The number of carbonyl (C=O) groups is 1. The number of rotatable bonds is 6. The van der Waals surface area contributed by atoms with Crippen LogP contribution in [0.15, 0.2) is 12.4 Å². The summed E-state index contributed by atoms with van der Waals surface area (Å²) in [7, 11) is 2.18. The van der Waals surface area contributed by atoms with Crippen LogP contribution in [0, 0.1) is 18.8 Å². The van der Waals surface area contributed by atoms with Crippen LogP contribution in [0.1, 0.15) is 18.4 Å². The molecule has 26 heavy (non-hydrogen) atoms. The van der Waals surface area contributed by atoms with Gasteiger partial charge < -0.3 is 19.8 Å². The molecule has 2 aliphatic heterocycles. The van der Waals surface area contributed by atoms with Crippen molar-refractivity contribution < 1.29 is 9.90 Å². The molecule has 146 valence electrons. The van der Waals surface area contributed by atoms with Crippen molar-refractivity contribution in [2.24, 2.45) is 11.8 Å². The van der Waals surface area contributed by atoms with Crippen molar-refractivity contribution in [2.45, 2.75) is 26.3 Å². The first kappa shape index (κ1) is 19.3. The zero-order chi connectivity index (χ0) is 18.5. The van der Waals surface area contributed by atoms with Gasteiger partial charge in [0.2, 0.25) is 5.91 Å². The molecule has 2 unspecified atom stereocenters. The Morgan fingerprint density at radius 1 is 1.23 bits per heavy atom. The lowest BCUT2D eigenvalue weighted by Crippen LogP contribution is -2.36. The van der Waals surface area contributed by atoms with Crippen LogP contribution in [0.5, 0.6) is 0 Å². The molecule has 1 amide bonds. The van der Waals surface area contributed by atoms with Crippen molar-refractivity contribution in [3.63, 3.8) is 0 Å². The van der Waals surface area contributed by atoms with E-state index in [0.29, 0.717) is 25.4 Å². The number of aromatic nitrogens is 2. The normalized spacial score (nSPS) is 25.6. The van der Waals surface area contributed by atoms with Gasteiger partial charge in [-0.25, -0.2) is 0 Å². The van der Waals surface area contributed by atoms with Crippen LogP contribution in [-0.2, 0) is 11.3 Å². The number of aliphatic hydroxyl groups is 1. The SMILES string of the molecule is Cc1cnn(CCC(=O)N2CC(CO)C(CN3CCCN(C)CC3)C2)c1. The number of hydrogen-bond donors (Lipinski definition) is 1. The van der Waals surface area contributed by atoms with Gasteiger partial charge in [-0.05, 0) is 45.0 Å². The molecule has 0 aliphatic carbocycles. The quantitative estimate of drug-likeness (QED) is 0.787. The largest absolute Gasteiger partial charge is 0.396 e. The van der Waals surface area contributed by atoms with E-state index in [1.807, 2.05) is 28.9 Å². The lowest BCUT2D eigenvalue weighted by Gasteiger charge is -2.26. The van der Waals surface area contributed by atoms with E-state index < -0.39 is 0 Å². The summed E-state index contributed by atoms with van der Waals surface area (Å²) in [6.07, 6.45) is 5.45. The molecule has 3 rings (SSSR count). The Morgan fingerprint density at radius 2 is 2.04 bits per heavy atom. The predicted octanol–water partition coefficient (Wildman–Crippen LogP) is 0.286. The van der Waals surface area contributed by atoms with Gasteiger partial charge in [0.1, 0.15) is 0 Å². The summed E-state index contributed by atoms with van der Waals surface area (Å²) in [5, 5.41) is 14.0. The van der Waals surface area contributed by atoms with E-state index >= 15 is 0 Å². The van der Waals surface area contributed by atoms with Crippen LogP contribution in [0.25, 0.3) is 0 Å². The zero-order valence-electron chi connectivity index (χ0n) is 16.2. The summed E-state index contributed by atoms with van der Waals surface area (Å²) >= 11 is 0. The Morgan fingerprint density at radius 3 is 2.77 bits per heavy atom. The number of amides is 1. The standard InChI is InChI=1S/C19H33N5O2/c1-16-10-20-24(11-16)7-4-19(26)23-13-17(18(14-23)15-25)12-22-6-3-5-21(2)8-9-22/h10-11,17-18,25H,3-9,12-15H2,1-2H3. The fourth-order valence-electron chi connectivity index (χ4n) is 4.13. The minimum Gasteiger partial charge on any atom is -0.396 e. The molecule has 1 aromatic rings. The van der Waals surface area contributed by atoms with Crippen molar-refractivity contribution in [3.05, 3.63) is 18.0 Å². The van der Waals surface area contributed by atoms with Gasteiger partial charge in [-0.1, -0.05) is 0 Å². The molecule has 0 bridgehead atoms. The van der Waals surface area contributed by atoms with Crippen LogP contribution in [0.3, 0.4) is 0 Å². The molecule has 1 N–H and O–H groups in total. The topological polar surface area (TPSA) is 64.8 Å². The predicted molar refractivity (Wildman–Crippen MR) is 101 cm³/mol. The molecule has 0 saturated carbocycles. The molecule has 2 aliphatic rings. The van der Waals surface area contributed by atoms with Gasteiger partial charge in [-0.15, -0.1) is 0 Å². The first-order chi connectivity index (χ1) is 12.5. The van der Waals surface area contributed by atoms with E-state index in [4.69, 9.17) is 0 Å². The van der Waals surface area contributed by atoms with Crippen LogP contribution in [0.4, 0.5) is 0 Å². The summed E-state index contributed by atoms with van der Waals surface area (Å²) in [4.78, 5) is 19.4. The lowest BCUT2D eigenvalue weighted by atomic mass is 9.96. The van der Waals surface area contributed by atoms with Crippen LogP contribution in [0.2, 0.25) is 0 Å². The second kappa shape index (κ2) is 8.97. The van der Waals surface area contributed by atoms with Crippen LogP contribution in [-0.4, -0.2) is 95.0 Å². The number of nitrogens with zero attached hydrogens (tertiary/aromatic N) is 5. The first-order valence-corrected chi connectivity index (χ1v) is 9.83. The number of likely N-dealkylation sites (tertiary alicyclic amines) is 1.